The van der Waals surface area contributed by atoms with E-state index in [1.807, 2.05) is 13.0 Å². The van der Waals surface area contributed by atoms with Crippen LogP contribution in [0.3, 0.4) is 0 Å². The zero-order valence-electron chi connectivity index (χ0n) is 8.84. The fraction of sp³-hybridized carbons (Fsp3) is 0.385. The first-order valence-corrected chi connectivity index (χ1v) is 4.93. The predicted molar refractivity (Wildman–Crippen MR) is 59.5 cm³/mol. The fourth-order valence-electron chi connectivity index (χ4n) is 1.41. The molecule has 0 heterocycles. The maximum atomic E-state index is 5.41. The summed E-state index contributed by atoms with van der Waals surface area (Å²) in [5.74, 6) is 3.59. The van der Waals surface area contributed by atoms with E-state index in [0.29, 0.717) is 6.61 Å². The summed E-state index contributed by atoms with van der Waals surface area (Å²) in [7, 11) is 0. The Balaban J connectivity index is 2.75. The minimum atomic E-state index is 0.711. The van der Waals surface area contributed by atoms with Gasteiger partial charge in [-0.1, -0.05) is 6.07 Å². The van der Waals surface area contributed by atoms with E-state index in [-0.39, 0.29) is 0 Å². The molecule has 1 rings (SSSR count). The van der Waals surface area contributed by atoms with Crippen LogP contribution in [-0.2, 0) is 6.42 Å². The van der Waals surface area contributed by atoms with E-state index in [4.69, 9.17) is 11.2 Å². The normalized spacial score (nSPS) is 9.50. The summed E-state index contributed by atoms with van der Waals surface area (Å²) in [5.41, 5.74) is 2.57. The topological polar surface area (TPSA) is 9.23 Å². The summed E-state index contributed by atoms with van der Waals surface area (Å²) in [6.07, 6.45) is 6.98. The molecule has 0 saturated heterocycles. The van der Waals surface area contributed by atoms with Crippen molar-refractivity contribution < 1.29 is 4.74 Å². The van der Waals surface area contributed by atoms with E-state index >= 15 is 0 Å². The third kappa shape index (κ3) is 2.81. The Morgan fingerprint density at radius 3 is 2.79 bits per heavy atom. The predicted octanol–water partition coefficient (Wildman–Crippen LogP) is 2.96. The molecule has 0 aliphatic rings. The third-order valence-electron chi connectivity index (χ3n) is 2.16. The maximum Gasteiger partial charge on any atom is 0.119 e. The smallest absolute Gasteiger partial charge is 0.119 e. The highest BCUT2D eigenvalue weighted by Crippen LogP contribution is 2.18. The van der Waals surface area contributed by atoms with Crippen molar-refractivity contribution in [2.45, 2.75) is 26.7 Å². The molecule has 0 spiro atoms. The lowest BCUT2D eigenvalue weighted by molar-refractivity contribution is 0.340. The molecular weight excluding hydrogens is 172 g/mol. The van der Waals surface area contributed by atoms with Crippen LogP contribution < -0.4 is 4.74 Å². The molecule has 0 amide bonds. The van der Waals surface area contributed by atoms with E-state index in [9.17, 15) is 0 Å². The first-order valence-electron chi connectivity index (χ1n) is 4.93. The Morgan fingerprint density at radius 1 is 1.43 bits per heavy atom. The van der Waals surface area contributed by atoms with Crippen LogP contribution in [0.25, 0.3) is 0 Å². The maximum absolute atomic E-state index is 5.41. The third-order valence-corrected chi connectivity index (χ3v) is 2.16. The molecule has 0 saturated carbocycles. The average molecular weight is 188 g/mol. The molecule has 1 heteroatoms. The van der Waals surface area contributed by atoms with Crippen LogP contribution in [0.2, 0.25) is 0 Å². The molecule has 0 aliphatic heterocycles. The van der Waals surface area contributed by atoms with Gasteiger partial charge in [-0.3, -0.25) is 0 Å². The molecule has 0 unspecified atom stereocenters. The van der Waals surface area contributed by atoms with Crippen molar-refractivity contribution in [2.75, 3.05) is 6.61 Å². The molecule has 74 valence electrons. The standard InChI is InChI=1S/C13H16O/c1-4-6-7-12-8-9-13(14-5-2)10-11(12)3/h1,8-10H,5-7H2,2-3H3. The van der Waals surface area contributed by atoms with Gasteiger partial charge in [0.15, 0.2) is 0 Å². The molecular formula is C13H16O. The number of hydrogen-bond acceptors (Lipinski definition) is 1. The van der Waals surface area contributed by atoms with Crippen molar-refractivity contribution in [3.63, 3.8) is 0 Å². The van der Waals surface area contributed by atoms with Crippen LogP contribution in [0.1, 0.15) is 24.5 Å². The Kier molecular flexibility index (Phi) is 4.07. The van der Waals surface area contributed by atoms with Gasteiger partial charge in [-0.15, -0.1) is 12.3 Å². The van der Waals surface area contributed by atoms with E-state index < -0.39 is 0 Å². The molecule has 0 fully saturated rings. The molecule has 0 atom stereocenters. The van der Waals surface area contributed by atoms with Crippen LogP contribution in [0, 0.1) is 19.3 Å². The highest BCUT2D eigenvalue weighted by Gasteiger charge is 1.99. The minimum absolute atomic E-state index is 0.711. The van der Waals surface area contributed by atoms with Crippen molar-refractivity contribution >= 4 is 0 Å². The highest BCUT2D eigenvalue weighted by molar-refractivity contribution is 5.35. The van der Waals surface area contributed by atoms with E-state index in [1.165, 1.54) is 11.1 Å². The largest absolute Gasteiger partial charge is 0.494 e. The number of hydrogen-bond donors (Lipinski definition) is 0. The molecule has 1 aromatic carbocycles. The van der Waals surface area contributed by atoms with E-state index in [2.05, 4.69) is 25.0 Å². The van der Waals surface area contributed by atoms with Crippen molar-refractivity contribution in [3.8, 4) is 18.1 Å². The zero-order valence-corrected chi connectivity index (χ0v) is 8.84. The van der Waals surface area contributed by atoms with Crippen LogP contribution in [-0.4, -0.2) is 6.61 Å². The summed E-state index contributed by atoms with van der Waals surface area (Å²) in [4.78, 5) is 0. The molecule has 1 nitrogen and oxygen atoms in total. The zero-order chi connectivity index (χ0) is 10.4. The first-order chi connectivity index (χ1) is 6.77. The van der Waals surface area contributed by atoms with E-state index in [1.54, 1.807) is 0 Å². The van der Waals surface area contributed by atoms with Gasteiger partial charge >= 0.3 is 0 Å². The Morgan fingerprint density at radius 2 is 2.21 bits per heavy atom. The minimum Gasteiger partial charge on any atom is -0.494 e. The molecule has 14 heavy (non-hydrogen) atoms. The number of aryl methyl sites for hydroxylation is 2. The van der Waals surface area contributed by atoms with Gasteiger partial charge in [0.1, 0.15) is 5.75 Å². The average Bonchev–Trinajstić information content (AvgIpc) is 2.17. The van der Waals surface area contributed by atoms with Crippen molar-refractivity contribution in [1.29, 1.82) is 0 Å². The SMILES string of the molecule is C#CCCc1ccc(OCC)cc1C. The molecule has 1 aromatic rings. The summed E-state index contributed by atoms with van der Waals surface area (Å²) in [6.45, 7) is 4.79. The number of terminal acetylenes is 1. The van der Waals surface area contributed by atoms with Gasteiger partial charge < -0.3 is 4.74 Å². The second-order valence-electron chi connectivity index (χ2n) is 3.23. The van der Waals surface area contributed by atoms with Crippen molar-refractivity contribution in [2.24, 2.45) is 0 Å². The Hall–Kier alpha value is -1.42. The molecule has 0 radical (unpaired) electrons. The number of benzene rings is 1. The summed E-state index contributed by atoms with van der Waals surface area (Å²) in [6, 6.07) is 6.16. The second-order valence-corrected chi connectivity index (χ2v) is 3.23. The molecule has 0 aliphatic carbocycles. The van der Waals surface area contributed by atoms with Gasteiger partial charge in [0, 0.05) is 6.42 Å². The summed E-state index contributed by atoms with van der Waals surface area (Å²) >= 11 is 0. The van der Waals surface area contributed by atoms with Crippen molar-refractivity contribution in [3.05, 3.63) is 29.3 Å². The van der Waals surface area contributed by atoms with Gasteiger partial charge in [-0.2, -0.15) is 0 Å². The lowest BCUT2D eigenvalue weighted by Crippen LogP contribution is -1.94. The van der Waals surface area contributed by atoms with Crippen LogP contribution in [0.15, 0.2) is 18.2 Å². The lowest BCUT2D eigenvalue weighted by Gasteiger charge is -2.07. The Labute approximate surface area is 86.1 Å². The highest BCUT2D eigenvalue weighted by atomic mass is 16.5. The summed E-state index contributed by atoms with van der Waals surface area (Å²) < 4.78 is 5.41. The van der Waals surface area contributed by atoms with Gasteiger partial charge in [-0.05, 0) is 43.5 Å². The monoisotopic (exact) mass is 188 g/mol. The molecule has 0 bridgehead atoms. The van der Waals surface area contributed by atoms with Crippen LogP contribution in [0.4, 0.5) is 0 Å². The van der Waals surface area contributed by atoms with Gasteiger partial charge in [-0.25, -0.2) is 0 Å². The molecule has 0 aromatic heterocycles. The molecule has 0 N–H and O–H groups in total. The first kappa shape index (κ1) is 10.7. The quantitative estimate of drug-likeness (QED) is 0.660. The Bertz CT molecular complexity index is 334. The second kappa shape index (κ2) is 5.34. The van der Waals surface area contributed by atoms with E-state index in [0.717, 1.165) is 18.6 Å². The lowest BCUT2D eigenvalue weighted by atomic mass is 10.0. The van der Waals surface area contributed by atoms with Crippen LogP contribution in [0.5, 0.6) is 5.75 Å². The number of ether oxygens (including phenoxy) is 1. The van der Waals surface area contributed by atoms with Crippen molar-refractivity contribution in [1.82, 2.24) is 0 Å². The number of rotatable bonds is 4. The summed E-state index contributed by atoms with van der Waals surface area (Å²) in [5, 5.41) is 0. The van der Waals surface area contributed by atoms with Gasteiger partial charge in [0.2, 0.25) is 0 Å². The van der Waals surface area contributed by atoms with Gasteiger partial charge in [0.05, 0.1) is 6.61 Å². The van der Waals surface area contributed by atoms with Gasteiger partial charge in [0.25, 0.3) is 0 Å². The van der Waals surface area contributed by atoms with Crippen LogP contribution >= 0.6 is 0 Å². The fourth-order valence-corrected chi connectivity index (χ4v) is 1.41.